The van der Waals surface area contributed by atoms with Gasteiger partial charge in [0.05, 0.1) is 24.6 Å². The maximum Gasteiger partial charge on any atom is 0.0992 e. The lowest BCUT2D eigenvalue weighted by atomic mass is 10.3. The van der Waals surface area contributed by atoms with E-state index in [4.69, 9.17) is 5.53 Å². The summed E-state index contributed by atoms with van der Waals surface area (Å²) < 4.78 is 1.89. The Hall–Kier alpha value is -2.00. The Balaban J connectivity index is 2.42. The zero-order valence-electron chi connectivity index (χ0n) is 6.83. The van der Waals surface area contributed by atoms with E-state index in [9.17, 15) is 0 Å². The molecule has 0 atom stereocenters. The largest absolute Gasteiger partial charge is 0.306 e. The molecule has 5 heteroatoms. The van der Waals surface area contributed by atoms with Crippen LogP contribution in [0.3, 0.4) is 0 Å². The van der Waals surface area contributed by atoms with Crippen molar-refractivity contribution in [1.29, 1.82) is 0 Å². The van der Waals surface area contributed by atoms with Crippen LogP contribution in [0.25, 0.3) is 16.0 Å². The van der Waals surface area contributed by atoms with E-state index in [1.807, 2.05) is 22.7 Å². The molecule has 64 valence electrons. The van der Waals surface area contributed by atoms with Gasteiger partial charge in [0, 0.05) is 11.1 Å². The molecule has 2 heterocycles. The first-order valence-electron chi connectivity index (χ1n) is 3.81. The van der Waals surface area contributed by atoms with E-state index in [2.05, 4.69) is 15.0 Å². The second kappa shape index (κ2) is 3.16. The zero-order chi connectivity index (χ0) is 9.10. The van der Waals surface area contributed by atoms with Crippen LogP contribution >= 0.6 is 0 Å². The quantitative estimate of drug-likeness (QED) is 0.389. The van der Waals surface area contributed by atoms with Crippen molar-refractivity contribution in [3.63, 3.8) is 0 Å². The summed E-state index contributed by atoms with van der Waals surface area (Å²) in [5, 5.41) is 3.48. The Labute approximate surface area is 74.3 Å². The minimum atomic E-state index is 0.380. The molecule has 0 N–H and O–H groups in total. The second-order valence-corrected chi connectivity index (χ2v) is 2.65. The normalized spacial score (nSPS) is 9.85. The van der Waals surface area contributed by atoms with Gasteiger partial charge < -0.3 is 4.40 Å². The first-order valence-corrected chi connectivity index (χ1v) is 3.81. The molecule has 0 saturated carbocycles. The number of fused-ring (bicyclic) bond motifs is 1. The predicted octanol–water partition coefficient (Wildman–Crippen LogP) is 2.14. The Morgan fingerprint density at radius 2 is 2.46 bits per heavy atom. The molecule has 0 aliphatic heterocycles. The fourth-order valence-corrected chi connectivity index (χ4v) is 1.17. The van der Waals surface area contributed by atoms with Gasteiger partial charge in [-0.2, -0.15) is 0 Å². The molecule has 2 aromatic heterocycles. The van der Waals surface area contributed by atoms with Gasteiger partial charge in [-0.1, -0.05) is 11.2 Å². The van der Waals surface area contributed by atoms with Gasteiger partial charge in [-0.25, -0.2) is 4.98 Å². The summed E-state index contributed by atoms with van der Waals surface area (Å²) in [7, 11) is 0. The smallest absolute Gasteiger partial charge is 0.0992 e. The van der Waals surface area contributed by atoms with Gasteiger partial charge in [0.2, 0.25) is 0 Å². The predicted molar refractivity (Wildman–Crippen MR) is 48.0 cm³/mol. The molecule has 2 rings (SSSR count). The van der Waals surface area contributed by atoms with E-state index in [0.717, 1.165) is 11.1 Å². The molecule has 0 radical (unpaired) electrons. The fourth-order valence-electron chi connectivity index (χ4n) is 1.17. The molecular weight excluding hydrogens is 166 g/mol. The van der Waals surface area contributed by atoms with Crippen molar-refractivity contribution in [2.45, 2.75) is 6.54 Å². The van der Waals surface area contributed by atoms with Crippen LogP contribution in [0.15, 0.2) is 36.0 Å². The summed E-state index contributed by atoms with van der Waals surface area (Å²) in [5.41, 5.74) is 10.1. The van der Waals surface area contributed by atoms with Crippen molar-refractivity contribution in [3.8, 4) is 0 Å². The van der Waals surface area contributed by atoms with Crippen LogP contribution in [0, 0.1) is 0 Å². The third-order valence-corrected chi connectivity index (χ3v) is 1.79. The highest BCUT2D eigenvalue weighted by atomic mass is 15.1. The van der Waals surface area contributed by atoms with E-state index in [0.29, 0.717) is 6.54 Å². The van der Waals surface area contributed by atoms with E-state index in [1.54, 1.807) is 12.5 Å². The van der Waals surface area contributed by atoms with Crippen molar-refractivity contribution in [2.24, 2.45) is 5.11 Å². The van der Waals surface area contributed by atoms with Crippen molar-refractivity contribution < 1.29 is 0 Å². The molecule has 2 aromatic rings. The van der Waals surface area contributed by atoms with Gasteiger partial charge >= 0.3 is 0 Å². The minimum absolute atomic E-state index is 0.380. The highest BCUT2D eigenvalue weighted by molar-refractivity contribution is 5.45. The number of azide groups is 1. The number of pyridine rings is 1. The standard InChI is InChI=1S/C8H7N5/c9-12-11-3-7-1-2-8-4-10-6-13(8)5-7/h1-2,4-6H,3H2. The van der Waals surface area contributed by atoms with Crippen LogP contribution < -0.4 is 0 Å². The van der Waals surface area contributed by atoms with Crippen LogP contribution in [-0.2, 0) is 6.54 Å². The van der Waals surface area contributed by atoms with Crippen molar-refractivity contribution in [3.05, 3.63) is 46.9 Å². The van der Waals surface area contributed by atoms with Crippen LogP contribution in [-0.4, -0.2) is 9.38 Å². The van der Waals surface area contributed by atoms with Crippen molar-refractivity contribution in [1.82, 2.24) is 9.38 Å². The average molecular weight is 173 g/mol. The van der Waals surface area contributed by atoms with Crippen molar-refractivity contribution in [2.75, 3.05) is 0 Å². The fraction of sp³-hybridized carbons (Fsp3) is 0.125. The third kappa shape index (κ3) is 1.45. The third-order valence-electron chi connectivity index (χ3n) is 1.79. The highest BCUT2D eigenvalue weighted by Crippen LogP contribution is 2.06. The number of aromatic nitrogens is 2. The molecule has 13 heavy (non-hydrogen) atoms. The van der Waals surface area contributed by atoms with Crippen molar-refractivity contribution >= 4 is 5.52 Å². The molecule has 0 saturated heterocycles. The van der Waals surface area contributed by atoms with E-state index >= 15 is 0 Å². The molecule has 0 bridgehead atoms. The SMILES string of the molecule is [N-]=[N+]=NCc1ccc2cncn2c1. The summed E-state index contributed by atoms with van der Waals surface area (Å²) in [6, 6.07) is 3.86. The Morgan fingerprint density at radius 1 is 1.54 bits per heavy atom. The number of nitrogens with zero attached hydrogens (tertiary/aromatic N) is 5. The van der Waals surface area contributed by atoms with Crippen LogP contribution in [0.2, 0.25) is 0 Å². The van der Waals surface area contributed by atoms with Crippen LogP contribution in [0.1, 0.15) is 5.56 Å². The van der Waals surface area contributed by atoms with Crippen LogP contribution in [0.5, 0.6) is 0 Å². The summed E-state index contributed by atoms with van der Waals surface area (Å²) in [5.74, 6) is 0. The average Bonchev–Trinajstić information content (AvgIpc) is 2.61. The number of hydrogen-bond acceptors (Lipinski definition) is 2. The van der Waals surface area contributed by atoms with E-state index in [-0.39, 0.29) is 0 Å². The summed E-state index contributed by atoms with van der Waals surface area (Å²) >= 11 is 0. The maximum atomic E-state index is 8.14. The van der Waals surface area contributed by atoms with Gasteiger partial charge in [0.25, 0.3) is 0 Å². The molecule has 0 aliphatic carbocycles. The Bertz CT molecular complexity index is 466. The van der Waals surface area contributed by atoms with Gasteiger partial charge in [-0.15, -0.1) is 0 Å². The lowest BCUT2D eigenvalue weighted by Crippen LogP contribution is -1.86. The number of imidazole rings is 1. The monoisotopic (exact) mass is 173 g/mol. The van der Waals surface area contributed by atoms with Gasteiger partial charge in [-0.05, 0) is 17.2 Å². The second-order valence-electron chi connectivity index (χ2n) is 2.65. The number of hydrogen-bond donors (Lipinski definition) is 0. The lowest BCUT2D eigenvalue weighted by molar-refractivity contribution is 1.01. The topological polar surface area (TPSA) is 66.1 Å². The van der Waals surface area contributed by atoms with Gasteiger partial charge in [0.15, 0.2) is 0 Å². The molecule has 0 amide bonds. The summed E-state index contributed by atoms with van der Waals surface area (Å²) in [6.45, 7) is 0.380. The zero-order valence-corrected chi connectivity index (χ0v) is 6.83. The molecular formula is C8H7N5. The maximum absolute atomic E-state index is 8.14. The summed E-state index contributed by atoms with van der Waals surface area (Å²) in [4.78, 5) is 6.68. The highest BCUT2D eigenvalue weighted by Gasteiger charge is 1.94. The van der Waals surface area contributed by atoms with E-state index < -0.39 is 0 Å². The minimum Gasteiger partial charge on any atom is -0.306 e. The summed E-state index contributed by atoms with van der Waals surface area (Å²) in [6.07, 6.45) is 5.39. The first kappa shape index (κ1) is 7.64. The molecule has 0 unspecified atom stereocenters. The van der Waals surface area contributed by atoms with Crippen LogP contribution in [0.4, 0.5) is 0 Å². The molecule has 0 fully saturated rings. The lowest BCUT2D eigenvalue weighted by Gasteiger charge is -1.96. The first-order chi connectivity index (χ1) is 6.40. The Kier molecular flexibility index (Phi) is 1.86. The number of rotatable bonds is 2. The van der Waals surface area contributed by atoms with Gasteiger partial charge in [0.1, 0.15) is 0 Å². The van der Waals surface area contributed by atoms with Gasteiger partial charge in [-0.3, -0.25) is 0 Å². The molecule has 0 aromatic carbocycles. The molecule has 5 nitrogen and oxygen atoms in total. The Morgan fingerprint density at radius 3 is 3.31 bits per heavy atom. The molecule has 0 spiro atoms. The van der Waals surface area contributed by atoms with E-state index in [1.165, 1.54) is 0 Å². The molecule has 0 aliphatic rings.